The highest BCUT2D eigenvalue weighted by atomic mass is 16.1. The van der Waals surface area contributed by atoms with E-state index in [1.807, 2.05) is 34.9 Å². The van der Waals surface area contributed by atoms with Gasteiger partial charge in [0.2, 0.25) is 0 Å². The van der Waals surface area contributed by atoms with Gasteiger partial charge in [-0.15, -0.1) is 0 Å². The van der Waals surface area contributed by atoms with Crippen LogP contribution in [0, 0.1) is 12.8 Å². The van der Waals surface area contributed by atoms with Gasteiger partial charge in [0.25, 0.3) is 0 Å². The van der Waals surface area contributed by atoms with Crippen molar-refractivity contribution in [2.24, 2.45) is 5.92 Å². The number of aryl methyl sites for hydroxylation is 1. The molecule has 0 aliphatic heterocycles. The summed E-state index contributed by atoms with van der Waals surface area (Å²) in [5.41, 5.74) is 3.84. The SMILES string of the molecule is Cc1ccc(-c2nc(=O)n(CC3CC3)c3ccccc23)cc1. The number of nitrogens with zero attached hydrogens (tertiary/aromatic N) is 2. The Bertz CT molecular complexity index is 889. The second-order valence-corrected chi connectivity index (χ2v) is 6.18. The van der Waals surface area contributed by atoms with Crippen LogP contribution in [0.5, 0.6) is 0 Å². The van der Waals surface area contributed by atoms with Crippen molar-refractivity contribution in [3.63, 3.8) is 0 Å². The monoisotopic (exact) mass is 290 g/mol. The summed E-state index contributed by atoms with van der Waals surface area (Å²) in [6.45, 7) is 2.85. The van der Waals surface area contributed by atoms with Crippen LogP contribution in [0.2, 0.25) is 0 Å². The van der Waals surface area contributed by atoms with Gasteiger partial charge in [0.05, 0.1) is 11.2 Å². The van der Waals surface area contributed by atoms with Crippen LogP contribution in [0.4, 0.5) is 0 Å². The van der Waals surface area contributed by atoms with E-state index in [9.17, 15) is 4.79 Å². The molecule has 0 saturated heterocycles. The highest BCUT2D eigenvalue weighted by molar-refractivity contribution is 5.92. The van der Waals surface area contributed by atoms with Crippen LogP contribution in [0.3, 0.4) is 0 Å². The summed E-state index contributed by atoms with van der Waals surface area (Å²) in [6.07, 6.45) is 2.45. The van der Waals surface area contributed by atoms with Crippen molar-refractivity contribution in [3.05, 3.63) is 64.6 Å². The Labute approximate surface area is 129 Å². The Balaban J connectivity index is 1.96. The van der Waals surface area contributed by atoms with Crippen LogP contribution >= 0.6 is 0 Å². The van der Waals surface area contributed by atoms with Crippen molar-refractivity contribution in [2.45, 2.75) is 26.3 Å². The molecule has 110 valence electrons. The summed E-state index contributed by atoms with van der Waals surface area (Å²) < 4.78 is 1.84. The first-order valence-electron chi connectivity index (χ1n) is 7.79. The molecule has 0 radical (unpaired) electrons. The molecule has 0 amide bonds. The van der Waals surface area contributed by atoms with Crippen molar-refractivity contribution < 1.29 is 0 Å². The largest absolute Gasteiger partial charge is 0.348 e. The molecule has 2 aromatic carbocycles. The first kappa shape index (κ1) is 13.3. The molecule has 0 unspecified atom stereocenters. The number of rotatable bonds is 3. The molecule has 0 spiro atoms. The molecule has 3 aromatic rings. The van der Waals surface area contributed by atoms with E-state index in [2.05, 4.69) is 30.1 Å². The lowest BCUT2D eigenvalue weighted by Gasteiger charge is -2.12. The minimum atomic E-state index is -0.138. The lowest BCUT2D eigenvalue weighted by Crippen LogP contribution is -2.24. The van der Waals surface area contributed by atoms with E-state index in [0.717, 1.165) is 28.7 Å². The average molecular weight is 290 g/mol. The van der Waals surface area contributed by atoms with Crippen LogP contribution in [-0.2, 0) is 6.54 Å². The van der Waals surface area contributed by atoms with E-state index in [-0.39, 0.29) is 5.69 Å². The molecule has 1 saturated carbocycles. The van der Waals surface area contributed by atoms with Gasteiger partial charge in [-0.05, 0) is 31.7 Å². The molecule has 1 aliphatic carbocycles. The third kappa shape index (κ3) is 2.33. The van der Waals surface area contributed by atoms with Crippen LogP contribution in [0.1, 0.15) is 18.4 Å². The van der Waals surface area contributed by atoms with Gasteiger partial charge < -0.3 is 0 Å². The normalized spacial score (nSPS) is 14.4. The van der Waals surface area contributed by atoms with Gasteiger partial charge >= 0.3 is 5.69 Å². The number of hydrogen-bond acceptors (Lipinski definition) is 2. The molecule has 3 heteroatoms. The minimum Gasteiger partial charge on any atom is -0.292 e. The maximum Gasteiger partial charge on any atom is 0.348 e. The number of para-hydroxylation sites is 1. The molecular weight excluding hydrogens is 272 g/mol. The molecule has 1 fully saturated rings. The van der Waals surface area contributed by atoms with Gasteiger partial charge in [-0.1, -0.05) is 48.0 Å². The first-order valence-corrected chi connectivity index (χ1v) is 7.79. The molecule has 22 heavy (non-hydrogen) atoms. The Hall–Kier alpha value is -2.42. The summed E-state index contributed by atoms with van der Waals surface area (Å²) >= 11 is 0. The quantitative estimate of drug-likeness (QED) is 0.735. The number of hydrogen-bond donors (Lipinski definition) is 0. The summed E-state index contributed by atoms with van der Waals surface area (Å²) in [6, 6.07) is 16.3. The van der Waals surface area contributed by atoms with E-state index in [1.165, 1.54) is 18.4 Å². The fourth-order valence-corrected chi connectivity index (χ4v) is 2.90. The smallest absolute Gasteiger partial charge is 0.292 e. The fraction of sp³-hybridized carbons (Fsp3) is 0.263. The standard InChI is InChI=1S/C19H18N2O/c1-13-6-10-15(11-7-13)18-16-4-2-3-5-17(16)21(19(22)20-18)12-14-8-9-14/h2-7,10-11,14H,8-9,12H2,1H3. The van der Waals surface area contributed by atoms with Gasteiger partial charge in [0, 0.05) is 17.5 Å². The van der Waals surface area contributed by atoms with Gasteiger partial charge in [-0.25, -0.2) is 4.79 Å². The molecular formula is C19H18N2O. The number of fused-ring (bicyclic) bond motifs is 1. The molecule has 0 bridgehead atoms. The zero-order chi connectivity index (χ0) is 15.1. The lowest BCUT2D eigenvalue weighted by molar-refractivity contribution is 0.614. The molecule has 0 N–H and O–H groups in total. The molecule has 1 aliphatic rings. The number of aromatic nitrogens is 2. The predicted molar refractivity (Wildman–Crippen MR) is 88.9 cm³/mol. The minimum absolute atomic E-state index is 0.138. The molecule has 1 heterocycles. The van der Waals surface area contributed by atoms with Gasteiger partial charge in [-0.3, -0.25) is 4.57 Å². The predicted octanol–water partition coefficient (Wildman–Crippen LogP) is 3.78. The summed E-state index contributed by atoms with van der Waals surface area (Å²) in [5, 5.41) is 1.05. The third-order valence-corrected chi connectivity index (χ3v) is 4.35. The van der Waals surface area contributed by atoms with E-state index in [4.69, 9.17) is 0 Å². The highest BCUT2D eigenvalue weighted by Gasteiger charge is 2.23. The zero-order valence-electron chi connectivity index (χ0n) is 12.6. The molecule has 3 nitrogen and oxygen atoms in total. The van der Waals surface area contributed by atoms with E-state index < -0.39 is 0 Å². The van der Waals surface area contributed by atoms with Crippen molar-refractivity contribution in [1.82, 2.24) is 9.55 Å². The molecule has 4 rings (SSSR count). The average Bonchev–Trinajstić information content (AvgIpc) is 3.35. The highest BCUT2D eigenvalue weighted by Crippen LogP contribution is 2.32. The Kier molecular flexibility index (Phi) is 3.07. The molecule has 1 aromatic heterocycles. The van der Waals surface area contributed by atoms with Crippen molar-refractivity contribution >= 4 is 10.9 Å². The van der Waals surface area contributed by atoms with Gasteiger partial charge in [0.1, 0.15) is 0 Å². The van der Waals surface area contributed by atoms with E-state index >= 15 is 0 Å². The van der Waals surface area contributed by atoms with Crippen molar-refractivity contribution in [2.75, 3.05) is 0 Å². The first-order chi connectivity index (χ1) is 10.7. The van der Waals surface area contributed by atoms with Crippen molar-refractivity contribution in [3.8, 4) is 11.3 Å². The molecule has 0 atom stereocenters. The fourth-order valence-electron chi connectivity index (χ4n) is 2.90. The van der Waals surface area contributed by atoms with Crippen LogP contribution in [-0.4, -0.2) is 9.55 Å². The second-order valence-electron chi connectivity index (χ2n) is 6.18. The van der Waals surface area contributed by atoms with Crippen LogP contribution in [0.25, 0.3) is 22.2 Å². The number of benzene rings is 2. The summed E-state index contributed by atoms with van der Waals surface area (Å²) in [5.74, 6) is 0.646. The Morgan fingerprint density at radius 1 is 1.09 bits per heavy atom. The lowest BCUT2D eigenvalue weighted by atomic mass is 10.0. The Morgan fingerprint density at radius 2 is 1.82 bits per heavy atom. The van der Waals surface area contributed by atoms with E-state index in [1.54, 1.807) is 0 Å². The topological polar surface area (TPSA) is 34.9 Å². The Morgan fingerprint density at radius 3 is 2.55 bits per heavy atom. The van der Waals surface area contributed by atoms with E-state index in [0.29, 0.717) is 5.92 Å². The van der Waals surface area contributed by atoms with Gasteiger partial charge in [-0.2, -0.15) is 4.98 Å². The van der Waals surface area contributed by atoms with Crippen molar-refractivity contribution in [1.29, 1.82) is 0 Å². The second kappa shape index (κ2) is 5.09. The maximum atomic E-state index is 12.5. The zero-order valence-corrected chi connectivity index (χ0v) is 12.6. The van der Waals surface area contributed by atoms with Crippen LogP contribution < -0.4 is 5.69 Å². The third-order valence-electron chi connectivity index (χ3n) is 4.35. The summed E-state index contributed by atoms with van der Waals surface area (Å²) in [4.78, 5) is 16.9. The van der Waals surface area contributed by atoms with Crippen LogP contribution in [0.15, 0.2) is 53.3 Å². The van der Waals surface area contributed by atoms with Gasteiger partial charge in [0.15, 0.2) is 0 Å². The summed E-state index contributed by atoms with van der Waals surface area (Å²) in [7, 11) is 0. The maximum absolute atomic E-state index is 12.5.